The van der Waals surface area contributed by atoms with Crippen molar-refractivity contribution in [3.8, 4) is 0 Å². The van der Waals surface area contributed by atoms with Crippen LogP contribution in [0.15, 0.2) is 0 Å². The third-order valence-electron chi connectivity index (χ3n) is 0. The van der Waals surface area contributed by atoms with Crippen LogP contribution in [0.4, 0.5) is 0 Å². The van der Waals surface area contributed by atoms with Crippen molar-refractivity contribution in [2.75, 3.05) is 0 Å². The molecule has 5 heavy (non-hydrogen) atoms. The SMILES string of the molecule is [3H]OP(=O)([O-])O. The maximum absolute atomic E-state index is 9.17. The molecule has 0 spiro atoms. The van der Waals surface area contributed by atoms with Gasteiger partial charge in [-0.05, 0) is 0 Å². The largest absolute Gasteiger partial charge is 0.756 e. The average Bonchev–Trinajstić information content (AvgIpc) is 1.35. The van der Waals surface area contributed by atoms with Crippen LogP contribution in [-0.4, -0.2) is 11.2 Å². The Hall–Kier alpha value is 0.110. The van der Waals surface area contributed by atoms with Crippen LogP contribution in [0.25, 0.3) is 0 Å². The third-order valence-corrected chi connectivity index (χ3v) is 0. The molecule has 0 heterocycles. The van der Waals surface area contributed by atoms with Crippen LogP contribution in [-0.2, 0) is 4.57 Å². The predicted octanol–water partition coefficient (Wildman–Crippen LogP) is -1.56. The van der Waals surface area contributed by atoms with E-state index in [0.717, 1.165) is 0 Å². The van der Waals surface area contributed by atoms with E-state index in [1.54, 1.807) is 0 Å². The van der Waals surface area contributed by atoms with E-state index in [1.807, 2.05) is 0 Å². The second-order valence-corrected chi connectivity index (χ2v) is 1.41. The first-order valence-corrected chi connectivity index (χ1v) is 2.24. The van der Waals surface area contributed by atoms with Crippen LogP contribution in [0.1, 0.15) is 0 Å². The second-order valence-electron chi connectivity index (χ2n) is 0.469. The highest BCUT2D eigenvalue weighted by atomic mass is 31.2. The Morgan fingerprint density at radius 1 is 2.20 bits per heavy atom. The number of rotatable bonds is 1. The molecule has 4 nitrogen and oxygen atoms in total. The zero-order valence-corrected chi connectivity index (χ0v) is 3.01. The van der Waals surface area contributed by atoms with Gasteiger partial charge in [0.05, 0.1) is 0 Å². The van der Waals surface area contributed by atoms with E-state index in [-0.39, 0.29) is 0 Å². The molecule has 0 aliphatic rings. The van der Waals surface area contributed by atoms with Crippen LogP contribution >= 0.6 is 7.82 Å². The van der Waals surface area contributed by atoms with Gasteiger partial charge in [-0.15, -0.1) is 0 Å². The molecule has 0 aliphatic carbocycles. The molecule has 0 bridgehead atoms. The van der Waals surface area contributed by atoms with Crippen LogP contribution < -0.4 is 4.89 Å². The van der Waals surface area contributed by atoms with Gasteiger partial charge in [-0.25, -0.2) is 0 Å². The molecule has 32 valence electrons. The minimum Gasteiger partial charge on any atom is -0.756 e. The number of hydrogen-bond acceptors (Lipinski definition) is 3. The van der Waals surface area contributed by atoms with E-state index in [2.05, 4.69) is 4.90 Å². The van der Waals surface area contributed by atoms with Crippen LogP contribution in [0.3, 0.4) is 0 Å². The molecule has 5 heteroatoms. The summed E-state index contributed by atoms with van der Waals surface area (Å²) in [7, 11) is -4.73. The molecule has 0 rings (SSSR count). The Bertz CT molecular complexity index is 71.6. The summed E-state index contributed by atoms with van der Waals surface area (Å²) in [6, 6.07) is 0. The van der Waals surface area contributed by atoms with Crippen LogP contribution in [0, 0.1) is 0 Å². The molecule has 0 saturated heterocycles. The van der Waals surface area contributed by atoms with E-state index >= 15 is 0 Å². The molecular weight excluding hydrogens is 95.0 g/mol. The van der Waals surface area contributed by atoms with E-state index in [0.29, 0.717) is 0 Å². The molecule has 0 aromatic heterocycles. The van der Waals surface area contributed by atoms with Gasteiger partial charge in [-0.3, -0.25) is 4.57 Å². The van der Waals surface area contributed by atoms with E-state index in [1.165, 1.54) is 0 Å². The molecule has 0 aromatic rings. The molecule has 0 amide bonds. The van der Waals surface area contributed by atoms with Crippen LogP contribution in [0.2, 0.25) is 0 Å². The standard InChI is InChI=1S/H3O4P/c1-5(2,3)4/h(H3,1,2,3,4)/p-1/i/hT. The smallest absolute Gasteiger partial charge is 0.262 e. The fraction of sp³-hybridized carbons (Fsp3) is 0. The van der Waals surface area contributed by atoms with Gasteiger partial charge in [0, 0.05) is 0 Å². The minimum atomic E-state index is -4.73. The molecular formula is H2O4P-. The highest BCUT2D eigenvalue weighted by molar-refractivity contribution is 7.43. The van der Waals surface area contributed by atoms with Gasteiger partial charge in [0.1, 0.15) is 0 Å². The summed E-state index contributed by atoms with van der Waals surface area (Å²) in [5, 5.41) is 0. The van der Waals surface area contributed by atoms with Crippen LogP contribution in [0.5, 0.6) is 0 Å². The van der Waals surface area contributed by atoms with Crippen molar-refractivity contribution in [3.05, 3.63) is 0 Å². The Balaban J connectivity index is 3.48. The summed E-state index contributed by atoms with van der Waals surface area (Å²) in [6.07, 6.45) is 0. The number of hydrogen-bond donors (Lipinski definition) is 2. The van der Waals surface area contributed by atoms with Crippen molar-refractivity contribution in [3.63, 3.8) is 0 Å². The summed E-state index contributed by atoms with van der Waals surface area (Å²) >= 11 is 0. The molecule has 1 unspecified atom stereocenters. The molecule has 0 aliphatic heterocycles. The Morgan fingerprint density at radius 3 is 2.40 bits per heavy atom. The molecule has 0 saturated carbocycles. The second kappa shape index (κ2) is 1.06. The minimum absolute atomic E-state index is 2.74. The monoisotopic (exact) mass is 99.0 g/mol. The van der Waals surface area contributed by atoms with Crippen molar-refractivity contribution in [1.82, 2.24) is 0 Å². The zero-order chi connectivity index (χ0) is 5.21. The lowest BCUT2D eigenvalue weighted by Gasteiger charge is -2.01. The van der Waals surface area contributed by atoms with Gasteiger partial charge in [0.2, 0.25) is 1.43 Å². The Morgan fingerprint density at radius 2 is 2.40 bits per heavy atom. The first-order chi connectivity index (χ1) is 2.56. The third kappa shape index (κ3) is 1510. The van der Waals surface area contributed by atoms with Gasteiger partial charge in [-0.2, -0.15) is 0 Å². The molecule has 1 atom stereocenters. The lowest BCUT2D eigenvalue weighted by Crippen LogP contribution is -1.94. The zero-order valence-electron chi connectivity index (χ0n) is 3.12. The van der Waals surface area contributed by atoms with Crippen molar-refractivity contribution >= 4 is 7.82 Å². The Kier molecular flexibility index (Phi) is 0.704. The van der Waals surface area contributed by atoms with Gasteiger partial charge in [0.25, 0.3) is 7.82 Å². The maximum Gasteiger partial charge on any atom is 0.262 e. The molecule has 2 N–H and O–H groups in total. The van der Waals surface area contributed by atoms with Gasteiger partial charge >= 0.3 is 0 Å². The van der Waals surface area contributed by atoms with Crippen molar-refractivity contribution in [2.45, 2.75) is 0 Å². The van der Waals surface area contributed by atoms with Crippen molar-refractivity contribution < 1.29 is 19.2 Å². The average molecular weight is 99.0 g/mol. The fourth-order valence-electron chi connectivity index (χ4n) is 0. The topological polar surface area (TPSA) is 80.6 Å². The lowest BCUT2D eigenvalue weighted by atomic mass is 15.8. The quantitative estimate of drug-likeness (QED) is 0.389. The predicted molar refractivity (Wildman–Crippen MR) is 12.0 cm³/mol. The maximum atomic E-state index is 9.17. The summed E-state index contributed by atoms with van der Waals surface area (Å²) in [5.41, 5.74) is 0. The fourth-order valence-corrected chi connectivity index (χ4v) is 0. The molecule has 0 fully saturated rings. The normalized spacial score (nSPS) is 24.0. The summed E-state index contributed by atoms with van der Waals surface area (Å²) in [4.78, 5) is 19.3. The van der Waals surface area contributed by atoms with Gasteiger partial charge in [0.15, 0.2) is 0 Å². The highest BCUT2D eigenvalue weighted by Crippen LogP contribution is 2.18. The summed E-state index contributed by atoms with van der Waals surface area (Å²) in [6.45, 7) is 0. The van der Waals surface area contributed by atoms with Gasteiger partial charge < -0.3 is 14.7 Å². The first kappa shape index (κ1) is 3.31. The summed E-state index contributed by atoms with van der Waals surface area (Å²) in [5.74, 6) is 0. The van der Waals surface area contributed by atoms with E-state index in [4.69, 9.17) is 6.32 Å². The van der Waals surface area contributed by atoms with E-state index < -0.39 is 7.82 Å². The Labute approximate surface area is 29.8 Å². The molecule has 0 radical (unpaired) electrons. The van der Waals surface area contributed by atoms with Crippen molar-refractivity contribution in [2.24, 2.45) is 0 Å². The number of phosphoric acid groups is 1. The lowest BCUT2D eigenvalue weighted by molar-refractivity contribution is -0.214. The summed E-state index contributed by atoms with van der Waals surface area (Å²) < 4.78 is 14.7. The molecule has 0 aromatic carbocycles. The van der Waals surface area contributed by atoms with Crippen molar-refractivity contribution in [1.29, 1.82) is 1.43 Å². The van der Waals surface area contributed by atoms with E-state index in [9.17, 15) is 9.46 Å². The highest BCUT2D eigenvalue weighted by Gasteiger charge is 1.82. The first-order valence-electron chi connectivity index (χ1n) is 1.16. The van der Waals surface area contributed by atoms with Gasteiger partial charge in [-0.1, -0.05) is 0 Å².